The Morgan fingerprint density at radius 3 is 2.82 bits per heavy atom. The maximum Gasteiger partial charge on any atom is 0.115 e. The Balaban J connectivity index is 2.21. The third kappa shape index (κ3) is 2.47. The van der Waals surface area contributed by atoms with Crippen molar-refractivity contribution in [3.63, 3.8) is 0 Å². The first-order valence-electron chi connectivity index (χ1n) is 6.69. The summed E-state index contributed by atoms with van der Waals surface area (Å²) in [4.78, 5) is 2.61. The molecule has 1 aromatic rings. The summed E-state index contributed by atoms with van der Waals surface area (Å²) in [6, 6.07) is 9.41. The normalized spacial score (nSPS) is 27.2. The summed E-state index contributed by atoms with van der Waals surface area (Å²) < 4.78 is 0. The number of rotatable bonds is 3. The van der Waals surface area contributed by atoms with Gasteiger partial charge >= 0.3 is 0 Å². The molecule has 3 atom stereocenters. The Morgan fingerprint density at radius 1 is 1.41 bits per heavy atom. The van der Waals surface area contributed by atoms with Crippen molar-refractivity contribution in [3.8, 4) is 5.75 Å². The number of phenolic OH excluding ortho intramolecular Hbond substituents is 1. The predicted octanol–water partition coefficient (Wildman–Crippen LogP) is 3.72. The molecule has 94 valence electrons. The minimum absolute atomic E-state index is 0.370. The van der Waals surface area contributed by atoms with Crippen molar-refractivity contribution in [2.75, 3.05) is 0 Å². The average Bonchev–Trinajstić information content (AvgIpc) is 2.69. The van der Waals surface area contributed by atoms with Gasteiger partial charge in [-0.2, -0.15) is 0 Å². The van der Waals surface area contributed by atoms with Gasteiger partial charge < -0.3 is 5.11 Å². The first-order valence-corrected chi connectivity index (χ1v) is 6.69. The van der Waals surface area contributed by atoms with E-state index in [0.717, 1.165) is 0 Å². The molecule has 2 nitrogen and oxygen atoms in total. The van der Waals surface area contributed by atoms with Crippen LogP contribution in [0, 0.1) is 0 Å². The maximum atomic E-state index is 9.58. The molecule has 0 radical (unpaired) electrons. The smallest absolute Gasteiger partial charge is 0.115 e. The predicted molar refractivity (Wildman–Crippen MR) is 71.1 cm³/mol. The van der Waals surface area contributed by atoms with Crippen molar-refractivity contribution in [1.29, 1.82) is 0 Å². The number of likely N-dealkylation sites (tertiary alicyclic amines) is 1. The van der Waals surface area contributed by atoms with Crippen molar-refractivity contribution in [3.05, 3.63) is 29.8 Å². The first kappa shape index (κ1) is 12.4. The van der Waals surface area contributed by atoms with Crippen LogP contribution in [-0.2, 0) is 0 Å². The summed E-state index contributed by atoms with van der Waals surface area (Å²) in [6.45, 7) is 6.83. The SMILES string of the molecule is CCC1CCC(C)N1C(C)c1cccc(O)c1. The quantitative estimate of drug-likeness (QED) is 0.860. The lowest BCUT2D eigenvalue weighted by Crippen LogP contribution is -2.36. The molecule has 1 saturated heterocycles. The number of aromatic hydroxyl groups is 1. The van der Waals surface area contributed by atoms with Crippen molar-refractivity contribution < 1.29 is 5.11 Å². The van der Waals surface area contributed by atoms with Crippen LogP contribution in [0.15, 0.2) is 24.3 Å². The standard InChI is InChI=1S/C15H23NO/c1-4-14-9-8-11(2)16(14)12(3)13-6-5-7-15(17)10-13/h5-7,10-12,14,17H,4,8-9H2,1-3H3. The van der Waals surface area contributed by atoms with Crippen LogP contribution < -0.4 is 0 Å². The van der Waals surface area contributed by atoms with Gasteiger partial charge in [0.25, 0.3) is 0 Å². The second kappa shape index (κ2) is 5.09. The molecule has 1 aliphatic heterocycles. The molecule has 3 unspecified atom stereocenters. The lowest BCUT2D eigenvalue weighted by atomic mass is 10.0. The number of hydrogen-bond donors (Lipinski definition) is 1. The zero-order valence-corrected chi connectivity index (χ0v) is 11.1. The highest BCUT2D eigenvalue weighted by Crippen LogP contribution is 2.35. The molecule has 1 aromatic carbocycles. The molecular weight excluding hydrogens is 210 g/mol. The van der Waals surface area contributed by atoms with Crippen LogP contribution in [0.25, 0.3) is 0 Å². The molecule has 1 fully saturated rings. The molecule has 0 bridgehead atoms. The number of benzene rings is 1. The Bertz CT molecular complexity index is 377. The van der Waals surface area contributed by atoms with Gasteiger partial charge in [0, 0.05) is 18.1 Å². The van der Waals surface area contributed by atoms with Crippen LogP contribution >= 0.6 is 0 Å². The Hall–Kier alpha value is -1.02. The molecule has 0 amide bonds. The van der Waals surface area contributed by atoms with E-state index in [1.807, 2.05) is 12.1 Å². The number of nitrogens with zero attached hydrogens (tertiary/aromatic N) is 1. The molecule has 2 rings (SSSR count). The van der Waals surface area contributed by atoms with Crippen molar-refractivity contribution in [1.82, 2.24) is 4.90 Å². The second-order valence-corrected chi connectivity index (χ2v) is 5.21. The van der Waals surface area contributed by atoms with E-state index in [4.69, 9.17) is 0 Å². The second-order valence-electron chi connectivity index (χ2n) is 5.21. The molecule has 0 spiro atoms. The van der Waals surface area contributed by atoms with Gasteiger partial charge in [0.15, 0.2) is 0 Å². The van der Waals surface area contributed by atoms with Gasteiger partial charge in [-0.15, -0.1) is 0 Å². The van der Waals surface area contributed by atoms with Crippen LogP contribution in [0.2, 0.25) is 0 Å². The third-order valence-corrected chi connectivity index (χ3v) is 4.12. The van der Waals surface area contributed by atoms with Crippen LogP contribution in [0.4, 0.5) is 0 Å². The van der Waals surface area contributed by atoms with Crippen LogP contribution in [0.5, 0.6) is 5.75 Å². The topological polar surface area (TPSA) is 23.5 Å². The minimum Gasteiger partial charge on any atom is -0.508 e. The van der Waals surface area contributed by atoms with Crippen molar-refractivity contribution in [2.45, 2.75) is 58.2 Å². The Labute approximate surface area is 104 Å². The third-order valence-electron chi connectivity index (χ3n) is 4.12. The van der Waals surface area contributed by atoms with E-state index in [9.17, 15) is 5.11 Å². The molecule has 0 aromatic heterocycles. The summed E-state index contributed by atoms with van der Waals surface area (Å²) in [7, 11) is 0. The molecule has 1 heterocycles. The lowest BCUT2D eigenvalue weighted by Gasteiger charge is -2.34. The monoisotopic (exact) mass is 233 g/mol. The van der Waals surface area contributed by atoms with E-state index in [-0.39, 0.29) is 0 Å². The van der Waals surface area contributed by atoms with Crippen molar-refractivity contribution in [2.24, 2.45) is 0 Å². The van der Waals surface area contributed by atoms with Crippen LogP contribution in [0.1, 0.15) is 51.6 Å². The zero-order valence-electron chi connectivity index (χ0n) is 11.1. The van der Waals surface area contributed by atoms with E-state index < -0.39 is 0 Å². The highest BCUT2D eigenvalue weighted by atomic mass is 16.3. The largest absolute Gasteiger partial charge is 0.508 e. The Morgan fingerprint density at radius 2 is 2.18 bits per heavy atom. The van der Waals surface area contributed by atoms with E-state index >= 15 is 0 Å². The molecule has 1 N–H and O–H groups in total. The average molecular weight is 233 g/mol. The van der Waals surface area contributed by atoms with E-state index in [0.29, 0.717) is 23.9 Å². The fraction of sp³-hybridized carbons (Fsp3) is 0.600. The van der Waals surface area contributed by atoms with E-state index in [1.54, 1.807) is 6.07 Å². The fourth-order valence-corrected chi connectivity index (χ4v) is 3.16. The summed E-state index contributed by atoms with van der Waals surface area (Å²) in [5.41, 5.74) is 1.22. The summed E-state index contributed by atoms with van der Waals surface area (Å²) in [5, 5.41) is 9.58. The number of phenols is 1. The zero-order chi connectivity index (χ0) is 12.4. The van der Waals surface area contributed by atoms with Gasteiger partial charge in [0.1, 0.15) is 5.75 Å². The van der Waals surface area contributed by atoms with Crippen molar-refractivity contribution >= 4 is 0 Å². The summed E-state index contributed by atoms with van der Waals surface area (Å²) in [5.74, 6) is 0.370. The van der Waals surface area contributed by atoms with Gasteiger partial charge in [-0.05, 0) is 50.8 Å². The maximum absolute atomic E-state index is 9.58. The molecule has 17 heavy (non-hydrogen) atoms. The van der Waals surface area contributed by atoms with Crippen LogP contribution in [-0.4, -0.2) is 22.1 Å². The van der Waals surface area contributed by atoms with Gasteiger partial charge in [-0.3, -0.25) is 4.90 Å². The summed E-state index contributed by atoms with van der Waals surface area (Å²) >= 11 is 0. The highest BCUT2D eigenvalue weighted by Gasteiger charge is 2.33. The van der Waals surface area contributed by atoms with E-state index in [2.05, 4.69) is 31.7 Å². The molecule has 1 aliphatic rings. The fourth-order valence-electron chi connectivity index (χ4n) is 3.16. The summed E-state index contributed by atoms with van der Waals surface area (Å²) in [6.07, 6.45) is 3.82. The molecule has 0 aliphatic carbocycles. The molecule has 2 heteroatoms. The van der Waals surface area contributed by atoms with Crippen LogP contribution in [0.3, 0.4) is 0 Å². The minimum atomic E-state index is 0.370. The lowest BCUT2D eigenvalue weighted by molar-refractivity contribution is 0.143. The van der Waals surface area contributed by atoms with Gasteiger partial charge in [0.05, 0.1) is 0 Å². The van der Waals surface area contributed by atoms with Gasteiger partial charge in [-0.1, -0.05) is 19.1 Å². The number of hydrogen-bond acceptors (Lipinski definition) is 2. The first-order chi connectivity index (χ1) is 8.13. The highest BCUT2D eigenvalue weighted by molar-refractivity contribution is 5.29. The van der Waals surface area contributed by atoms with Gasteiger partial charge in [-0.25, -0.2) is 0 Å². The van der Waals surface area contributed by atoms with Gasteiger partial charge in [0.2, 0.25) is 0 Å². The molecule has 0 saturated carbocycles. The van der Waals surface area contributed by atoms with E-state index in [1.165, 1.54) is 24.8 Å². The Kier molecular flexibility index (Phi) is 3.72. The molecular formula is C15H23NO.